The minimum atomic E-state index is -1.56. The van der Waals surface area contributed by atoms with Crippen molar-refractivity contribution in [2.45, 2.75) is 71.4 Å². The van der Waals surface area contributed by atoms with E-state index < -0.39 is 60.7 Å². The molecule has 11 heteroatoms. The highest BCUT2D eigenvalue weighted by Crippen LogP contribution is 2.31. The molecule has 0 radical (unpaired) electrons. The number of hydrogen-bond donors (Lipinski definition) is 0. The summed E-state index contributed by atoms with van der Waals surface area (Å²) in [7, 11) is 1.08. The van der Waals surface area contributed by atoms with Gasteiger partial charge in [0.1, 0.15) is 6.10 Å². The predicted octanol–water partition coefficient (Wildman–Crippen LogP) is 0.244. The summed E-state index contributed by atoms with van der Waals surface area (Å²) in [6, 6.07) is 1.93. The van der Waals surface area contributed by atoms with Crippen LogP contribution in [-0.4, -0.2) is 67.8 Å². The lowest BCUT2D eigenvalue weighted by molar-refractivity contribution is -0.308. The van der Waals surface area contributed by atoms with Crippen LogP contribution in [-0.2, 0) is 47.6 Å². The largest absolute Gasteiger partial charge is 0.467 e. The number of hydrogen-bond acceptors (Lipinski definition) is 11. The van der Waals surface area contributed by atoms with Gasteiger partial charge in [0.25, 0.3) is 0 Å². The first-order valence-corrected chi connectivity index (χ1v) is 8.81. The summed E-state index contributed by atoms with van der Waals surface area (Å²) in [4.78, 5) is 47.1. The van der Waals surface area contributed by atoms with E-state index in [4.69, 9.17) is 23.7 Å². The number of nitrogens with zero attached hydrogens (tertiary/aromatic N) is 1. The molecule has 0 spiro atoms. The average molecular weight is 415 g/mol. The van der Waals surface area contributed by atoms with Crippen LogP contribution in [0.4, 0.5) is 0 Å². The number of methoxy groups -OCH3 is 1. The Balaban J connectivity index is 3.44. The topological polar surface area (TPSA) is 147 Å². The van der Waals surface area contributed by atoms with Crippen LogP contribution < -0.4 is 0 Å². The quantitative estimate of drug-likeness (QED) is 0.416. The number of carbonyl (C=O) groups is 4. The molecule has 1 heterocycles. The molecule has 1 fully saturated rings. The van der Waals surface area contributed by atoms with Crippen molar-refractivity contribution in [3.63, 3.8) is 0 Å². The Bertz CT molecular complexity index is 670. The van der Waals surface area contributed by atoms with Crippen LogP contribution >= 0.6 is 0 Å². The third-order valence-corrected chi connectivity index (χ3v) is 3.85. The molecular weight excluding hydrogens is 390 g/mol. The van der Waals surface area contributed by atoms with Crippen LogP contribution in [0.25, 0.3) is 0 Å². The number of ether oxygens (including phenoxy) is 6. The lowest BCUT2D eigenvalue weighted by Crippen LogP contribution is -2.64. The molecule has 0 bridgehead atoms. The highest BCUT2D eigenvalue weighted by molar-refractivity contribution is 5.77. The Morgan fingerprint density at radius 2 is 1.38 bits per heavy atom. The molecule has 0 saturated carbocycles. The summed E-state index contributed by atoms with van der Waals surface area (Å²) in [6.07, 6.45) is -8.39. The van der Waals surface area contributed by atoms with Gasteiger partial charge in [0.05, 0.1) is 13.2 Å². The normalized spacial score (nSPS) is 27.3. The van der Waals surface area contributed by atoms with Crippen molar-refractivity contribution in [2.24, 2.45) is 5.92 Å². The second kappa shape index (κ2) is 10.7. The number of nitriles is 1. The molecule has 0 aliphatic carbocycles. The van der Waals surface area contributed by atoms with E-state index >= 15 is 0 Å². The molecule has 0 aromatic carbocycles. The second-order valence-corrected chi connectivity index (χ2v) is 6.60. The third kappa shape index (κ3) is 6.69. The van der Waals surface area contributed by atoms with E-state index in [1.54, 1.807) is 13.8 Å². The minimum absolute atomic E-state index is 0.281. The van der Waals surface area contributed by atoms with E-state index in [9.17, 15) is 24.4 Å². The molecule has 0 aromatic heterocycles. The molecule has 1 rings (SSSR count). The highest BCUT2D eigenvalue weighted by Gasteiger charge is 2.55. The summed E-state index contributed by atoms with van der Waals surface area (Å²) in [6.45, 7) is 6.67. The van der Waals surface area contributed by atoms with Gasteiger partial charge in [-0.2, -0.15) is 5.26 Å². The van der Waals surface area contributed by atoms with Gasteiger partial charge in [0.2, 0.25) is 6.29 Å². The second-order valence-electron chi connectivity index (χ2n) is 6.60. The summed E-state index contributed by atoms with van der Waals surface area (Å²) < 4.78 is 31.4. The maximum absolute atomic E-state index is 12.2. The fourth-order valence-corrected chi connectivity index (χ4v) is 2.67. The van der Waals surface area contributed by atoms with Crippen molar-refractivity contribution in [3.8, 4) is 6.07 Å². The van der Waals surface area contributed by atoms with E-state index in [1.807, 2.05) is 6.07 Å². The molecule has 1 aliphatic heterocycles. The Labute approximate surface area is 168 Å². The highest BCUT2D eigenvalue weighted by atomic mass is 16.7. The zero-order valence-corrected chi connectivity index (χ0v) is 17.1. The first-order chi connectivity index (χ1) is 13.5. The zero-order chi connectivity index (χ0) is 22.3. The summed E-state index contributed by atoms with van der Waals surface area (Å²) >= 11 is 0. The summed E-state index contributed by atoms with van der Waals surface area (Å²) in [5.74, 6) is -3.60. The maximum Gasteiger partial charge on any atom is 0.339 e. The Hall–Kier alpha value is -2.71. The molecule has 1 aliphatic rings. The molecule has 0 N–H and O–H groups in total. The van der Waals surface area contributed by atoms with Gasteiger partial charge in [0.15, 0.2) is 24.4 Å². The van der Waals surface area contributed by atoms with Crippen LogP contribution in [0.15, 0.2) is 0 Å². The zero-order valence-electron chi connectivity index (χ0n) is 17.1. The molecular formula is C18H25NO10. The summed E-state index contributed by atoms with van der Waals surface area (Å²) in [5, 5.41) is 9.31. The van der Waals surface area contributed by atoms with Gasteiger partial charge in [0, 0.05) is 20.8 Å². The van der Waals surface area contributed by atoms with Gasteiger partial charge < -0.3 is 28.4 Å². The molecule has 11 nitrogen and oxygen atoms in total. The number of esters is 4. The van der Waals surface area contributed by atoms with Crippen LogP contribution in [0, 0.1) is 17.2 Å². The standard InChI is InChI=1S/C18H25NO10/c1-8(2)12(7-19)28-18-16(27-11(5)22)14(26-10(4)21)13(25-9(3)20)15(29-18)17(23)24-6/h8,12-16,18H,1-6H3/t12?,13-,14-,15-,16+,18+/m0/s1. The van der Waals surface area contributed by atoms with Crippen molar-refractivity contribution in [1.29, 1.82) is 5.26 Å². The smallest absolute Gasteiger partial charge is 0.339 e. The van der Waals surface area contributed by atoms with Crippen molar-refractivity contribution in [2.75, 3.05) is 7.11 Å². The maximum atomic E-state index is 12.2. The van der Waals surface area contributed by atoms with Crippen LogP contribution in [0.3, 0.4) is 0 Å². The lowest BCUT2D eigenvalue weighted by Gasteiger charge is -2.43. The number of rotatable bonds is 7. The van der Waals surface area contributed by atoms with Gasteiger partial charge in [-0.15, -0.1) is 0 Å². The molecule has 1 unspecified atom stereocenters. The van der Waals surface area contributed by atoms with Crippen molar-refractivity contribution < 1.29 is 47.6 Å². The molecule has 0 aromatic rings. The predicted molar refractivity (Wildman–Crippen MR) is 92.7 cm³/mol. The Morgan fingerprint density at radius 3 is 1.79 bits per heavy atom. The van der Waals surface area contributed by atoms with Crippen molar-refractivity contribution in [3.05, 3.63) is 0 Å². The third-order valence-electron chi connectivity index (χ3n) is 3.85. The van der Waals surface area contributed by atoms with E-state index in [0.29, 0.717) is 0 Å². The minimum Gasteiger partial charge on any atom is -0.467 e. The molecule has 0 amide bonds. The average Bonchev–Trinajstić information content (AvgIpc) is 2.61. The monoisotopic (exact) mass is 415 g/mol. The first-order valence-electron chi connectivity index (χ1n) is 8.81. The fraction of sp³-hybridized carbons (Fsp3) is 0.722. The van der Waals surface area contributed by atoms with Crippen molar-refractivity contribution >= 4 is 23.9 Å². The SMILES string of the molecule is COC(=O)[C@H]1O[C@@H](OC(C#N)C(C)C)[C@H](OC(C)=O)[C@@H](OC(C)=O)[C@@H]1OC(C)=O. The van der Waals surface area contributed by atoms with E-state index in [-0.39, 0.29) is 5.92 Å². The molecule has 29 heavy (non-hydrogen) atoms. The van der Waals surface area contributed by atoms with E-state index in [1.165, 1.54) is 0 Å². The van der Waals surface area contributed by atoms with Gasteiger partial charge in [-0.05, 0) is 5.92 Å². The molecule has 6 atom stereocenters. The first kappa shape index (κ1) is 24.3. The summed E-state index contributed by atoms with van der Waals surface area (Å²) in [5.41, 5.74) is 0. The van der Waals surface area contributed by atoms with Crippen LogP contribution in [0.5, 0.6) is 0 Å². The molecule has 1 saturated heterocycles. The van der Waals surface area contributed by atoms with Gasteiger partial charge in [-0.25, -0.2) is 4.79 Å². The van der Waals surface area contributed by atoms with E-state index in [2.05, 4.69) is 4.74 Å². The van der Waals surface area contributed by atoms with Crippen LogP contribution in [0.2, 0.25) is 0 Å². The Morgan fingerprint density at radius 1 is 0.897 bits per heavy atom. The Kier molecular flexibility index (Phi) is 9.00. The van der Waals surface area contributed by atoms with Crippen molar-refractivity contribution in [1.82, 2.24) is 0 Å². The lowest BCUT2D eigenvalue weighted by atomic mass is 9.97. The fourth-order valence-electron chi connectivity index (χ4n) is 2.67. The van der Waals surface area contributed by atoms with E-state index in [0.717, 1.165) is 27.9 Å². The number of carbonyl (C=O) groups excluding carboxylic acids is 4. The van der Waals surface area contributed by atoms with Gasteiger partial charge >= 0.3 is 23.9 Å². The van der Waals surface area contributed by atoms with Gasteiger partial charge in [-0.3, -0.25) is 14.4 Å². The van der Waals surface area contributed by atoms with Gasteiger partial charge in [-0.1, -0.05) is 13.8 Å². The molecule has 162 valence electrons. The van der Waals surface area contributed by atoms with Crippen LogP contribution in [0.1, 0.15) is 34.6 Å².